The fourth-order valence-electron chi connectivity index (χ4n) is 2.74. The van der Waals surface area contributed by atoms with Crippen molar-refractivity contribution in [3.05, 3.63) is 35.6 Å². The molecule has 0 bridgehead atoms. The van der Waals surface area contributed by atoms with Gasteiger partial charge in [-0.05, 0) is 30.8 Å². The predicted octanol–water partition coefficient (Wildman–Crippen LogP) is 1.05. The lowest BCUT2D eigenvalue weighted by atomic mass is 9.94. The lowest BCUT2D eigenvalue weighted by Crippen LogP contribution is -2.39. The number of amides is 1. The normalized spacial score (nSPS) is 21.3. The zero-order valence-electron chi connectivity index (χ0n) is 13.2. The van der Waals surface area contributed by atoms with Crippen LogP contribution < -0.4 is 16.2 Å². The molecule has 0 aliphatic carbocycles. The number of nitrogens with one attached hydrogen (secondary N) is 3. The third-order valence-electron chi connectivity index (χ3n) is 4.17. The molecule has 22 heavy (non-hydrogen) atoms. The number of carbonyl (C=O) groups excluding carboxylic acids is 1. The fourth-order valence-corrected chi connectivity index (χ4v) is 2.74. The highest BCUT2D eigenvalue weighted by Gasteiger charge is 2.33. The van der Waals surface area contributed by atoms with Crippen molar-refractivity contribution in [2.75, 3.05) is 32.7 Å². The molecule has 2 unspecified atom stereocenters. The highest BCUT2D eigenvalue weighted by molar-refractivity contribution is 5.80. The van der Waals surface area contributed by atoms with E-state index in [1.165, 1.54) is 12.1 Å². The maximum atomic E-state index is 13.0. The Morgan fingerprint density at radius 2 is 2.00 bits per heavy atom. The van der Waals surface area contributed by atoms with Gasteiger partial charge in [0.25, 0.3) is 0 Å². The number of nitrogens with zero attached hydrogens (tertiary/aromatic N) is 1. The molecular weight excluding hydrogens is 283 g/mol. The Kier molecular flexibility index (Phi) is 6.30. The van der Waals surface area contributed by atoms with Gasteiger partial charge < -0.3 is 10.2 Å². The maximum absolute atomic E-state index is 13.0. The first-order valence-electron chi connectivity index (χ1n) is 7.89. The largest absolute Gasteiger partial charge is 0.354 e. The van der Waals surface area contributed by atoms with Crippen LogP contribution in [0.4, 0.5) is 4.39 Å². The number of carbonyl (C=O) groups is 1. The summed E-state index contributed by atoms with van der Waals surface area (Å²) in [5.74, 6) is -0.434. The molecule has 1 aromatic rings. The first kappa shape index (κ1) is 16.9. The van der Waals surface area contributed by atoms with E-state index in [-0.39, 0.29) is 23.7 Å². The van der Waals surface area contributed by atoms with Crippen molar-refractivity contribution in [2.24, 2.45) is 5.92 Å². The number of hydrogen-bond donors (Lipinski definition) is 3. The van der Waals surface area contributed by atoms with Crippen molar-refractivity contribution in [1.82, 2.24) is 21.1 Å². The second kappa shape index (κ2) is 8.22. The van der Waals surface area contributed by atoms with Crippen LogP contribution in [-0.2, 0) is 4.79 Å². The van der Waals surface area contributed by atoms with Gasteiger partial charge in [-0.3, -0.25) is 10.2 Å². The van der Waals surface area contributed by atoms with Crippen LogP contribution in [0.3, 0.4) is 0 Å². The Labute approximate surface area is 131 Å². The molecule has 2 rings (SSSR count). The Morgan fingerprint density at radius 3 is 2.64 bits per heavy atom. The van der Waals surface area contributed by atoms with Crippen LogP contribution >= 0.6 is 0 Å². The Balaban J connectivity index is 1.89. The van der Waals surface area contributed by atoms with Crippen LogP contribution in [0.2, 0.25) is 0 Å². The number of hydrogen-bond acceptors (Lipinski definition) is 4. The summed E-state index contributed by atoms with van der Waals surface area (Å²) < 4.78 is 13.0. The molecule has 122 valence electrons. The molecule has 0 radical (unpaired) electrons. The molecule has 0 saturated carbocycles. The van der Waals surface area contributed by atoms with Crippen molar-refractivity contribution in [3.8, 4) is 0 Å². The van der Waals surface area contributed by atoms with E-state index in [1.54, 1.807) is 12.1 Å². The van der Waals surface area contributed by atoms with Gasteiger partial charge in [0.05, 0.1) is 12.0 Å². The standard InChI is InChI=1S/C16H25FN4O/c1-3-21(4-2)10-9-18-16(22)14-11-19-20-15(14)12-5-7-13(17)8-6-12/h5-8,14-15,19-20H,3-4,9-11H2,1-2H3,(H,18,22). The van der Waals surface area contributed by atoms with E-state index in [4.69, 9.17) is 0 Å². The maximum Gasteiger partial charge on any atom is 0.226 e. The van der Waals surface area contributed by atoms with Gasteiger partial charge in [0, 0.05) is 19.6 Å². The van der Waals surface area contributed by atoms with E-state index < -0.39 is 0 Å². The number of rotatable bonds is 7. The third kappa shape index (κ3) is 4.25. The average molecular weight is 308 g/mol. The molecule has 1 aromatic carbocycles. The van der Waals surface area contributed by atoms with Crippen LogP contribution in [-0.4, -0.2) is 43.5 Å². The molecule has 1 heterocycles. The molecule has 1 fully saturated rings. The van der Waals surface area contributed by atoms with Crippen molar-refractivity contribution < 1.29 is 9.18 Å². The molecular formula is C16H25FN4O. The first-order valence-corrected chi connectivity index (χ1v) is 7.89. The zero-order valence-corrected chi connectivity index (χ0v) is 13.2. The van der Waals surface area contributed by atoms with Gasteiger partial charge in [-0.15, -0.1) is 0 Å². The van der Waals surface area contributed by atoms with Crippen LogP contribution in [0.1, 0.15) is 25.5 Å². The summed E-state index contributed by atoms with van der Waals surface area (Å²) in [7, 11) is 0. The summed E-state index contributed by atoms with van der Waals surface area (Å²) in [6.07, 6.45) is 0. The van der Waals surface area contributed by atoms with E-state index >= 15 is 0 Å². The zero-order chi connectivity index (χ0) is 15.9. The molecule has 0 aromatic heterocycles. The highest BCUT2D eigenvalue weighted by atomic mass is 19.1. The quantitative estimate of drug-likeness (QED) is 0.705. The van der Waals surface area contributed by atoms with Crippen molar-refractivity contribution >= 4 is 5.91 Å². The lowest BCUT2D eigenvalue weighted by Gasteiger charge is -2.21. The monoisotopic (exact) mass is 308 g/mol. The minimum atomic E-state index is -0.269. The first-order chi connectivity index (χ1) is 10.7. The molecule has 5 nitrogen and oxygen atoms in total. The van der Waals surface area contributed by atoms with Gasteiger partial charge >= 0.3 is 0 Å². The summed E-state index contributed by atoms with van der Waals surface area (Å²) in [5.41, 5.74) is 7.04. The second-order valence-corrected chi connectivity index (χ2v) is 5.48. The smallest absolute Gasteiger partial charge is 0.226 e. The lowest BCUT2D eigenvalue weighted by molar-refractivity contribution is -0.125. The van der Waals surface area contributed by atoms with Crippen molar-refractivity contribution in [2.45, 2.75) is 19.9 Å². The van der Waals surface area contributed by atoms with E-state index in [9.17, 15) is 9.18 Å². The number of likely N-dealkylation sites (N-methyl/N-ethyl adjacent to an activating group) is 1. The van der Waals surface area contributed by atoms with Crippen LogP contribution in [0.15, 0.2) is 24.3 Å². The van der Waals surface area contributed by atoms with Crippen LogP contribution in [0.25, 0.3) is 0 Å². The Hall–Kier alpha value is -1.50. The van der Waals surface area contributed by atoms with Crippen molar-refractivity contribution in [3.63, 3.8) is 0 Å². The molecule has 1 saturated heterocycles. The van der Waals surface area contributed by atoms with Gasteiger partial charge in [0.1, 0.15) is 5.82 Å². The topological polar surface area (TPSA) is 56.4 Å². The van der Waals surface area contributed by atoms with E-state index in [0.717, 1.165) is 25.2 Å². The molecule has 1 amide bonds. The second-order valence-electron chi connectivity index (χ2n) is 5.48. The van der Waals surface area contributed by atoms with E-state index in [1.807, 2.05) is 0 Å². The fraction of sp³-hybridized carbons (Fsp3) is 0.562. The summed E-state index contributed by atoms with van der Waals surface area (Å²) in [4.78, 5) is 14.6. The summed E-state index contributed by atoms with van der Waals surface area (Å²) in [5, 5.41) is 3.00. The number of benzene rings is 1. The Morgan fingerprint density at radius 1 is 1.32 bits per heavy atom. The van der Waals surface area contributed by atoms with Gasteiger partial charge in [0.2, 0.25) is 5.91 Å². The molecule has 1 aliphatic rings. The Bertz CT molecular complexity index is 476. The minimum Gasteiger partial charge on any atom is -0.354 e. The molecule has 6 heteroatoms. The molecule has 2 atom stereocenters. The van der Waals surface area contributed by atoms with Gasteiger partial charge in [-0.2, -0.15) is 0 Å². The van der Waals surface area contributed by atoms with Crippen molar-refractivity contribution in [1.29, 1.82) is 0 Å². The summed E-state index contributed by atoms with van der Waals surface area (Å²) in [6.45, 7) is 8.26. The SMILES string of the molecule is CCN(CC)CCNC(=O)C1CNNC1c1ccc(F)cc1. The average Bonchev–Trinajstić information content (AvgIpc) is 3.02. The molecule has 1 aliphatic heterocycles. The van der Waals surface area contributed by atoms with Crippen LogP contribution in [0, 0.1) is 11.7 Å². The predicted molar refractivity (Wildman–Crippen MR) is 84.6 cm³/mol. The highest BCUT2D eigenvalue weighted by Crippen LogP contribution is 2.25. The number of halogens is 1. The molecule has 3 N–H and O–H groups in total. The van der Waals surface area contributed by atoms with Gasteiger partial charge in [0.15, 0.2) is 0 Å². The number of hydrazine groups is 1. The van der Waals surface area contributed by atoms with Crippen LogP contribution in [0.5, 0.6) is 0 Å². The molecule has 0 spiro atoms. The summed E-state index contributed by atoms with van der Waals surface area (Å²) >= 11 is 0. The minimum absolute atomic E-state index is 0.0268. The van der Waals surface area contributed by atoms with E-state index in [2.05, 4.69) is 34.9 Å². The third-order valence-corrected chi connectivity index (χ3v) is 4.17. The van der Waals surface area contributed by atoms with Gasteiger partial charge in [-0.25, -0.2) is 9.82 Å². The van der Waals surface area contributed by atoms with E-state index in [0.29, 0.717) is 13.1 Å². The summed E-state index contributed by atoms with van der Waals surface area (Å²) in [6, 6.07) is 6.15. The van der Waals surface area contributed by atoms with Gasteiger partial charge in [-0.1, -0.05) is 26.0 Å².